The molecule has 1 saturated carbocycles. The SMILES string of the molecule is CC1(C)[C@H]2CC=C(Cn3cc(C=O)c4ccccc43)[C@H]1C2. The Kier molecular flexibility index (Phi) is 2.66. The van der Waals surface area contributed by atoms with E-state index in [1.807, 2.05) is 24.4 Å². The third kappa shape index (κ3) is 1.75. The van der Waals surface area contributed by atoms with Crippen molar-refractivity contribution in [2.24, 2.45) is 17.3 Å². The van der Waals surface area contributed by atoms with Crippen molar-refractivity contribution in [1.82, 2.24) is 4.57 Å². The van der Waals surface area contributed by atoms with Crippen LogP contribution in [0.1, 0.15) is 37.0 Å². The largest absolute Gasteiger partial charge is 0.343 e. The predicted molar refractivity (Wildman–Crippen MR) is 85.4 cm³/mol. The summed E-state index contributed by atoms with van der Waals surface area (Å²) < 4.78 is 2.25. The molecule has 3 aliphatic rings. The number of para-hydroxylation sites is 1. The number of rotatable bonds is 3. The van der Waals surface area contributed by atoms with Crippen molar-refractivity contribution < 1.29 is 4.79 Å². The van der Waals surface area contributed by atoms with Crippen LogP contribution in [0.5, 0.6) is 0 Å². The fourth-order valence-electron chi connectivity index (χ4n) is 4.35. The summed E-state index contributed by atoms with van der Waals surface area (Å²) in [6.45, 7) is 5.74. The number of aldehydes is 1. The second kappa shape index (κ2) is 4.33. The van der Waals surface area contributed by atoms with E-state index in [0.29, 0.717) is 5.41 Å². The van der Waals surface area contributed by atoms with Crippen molar-refractivity contribution in [3.05, 3.63) is 47.7 Å². The minimum atomic E-state index is 0.459. The maximum Gasteiger partial charge on any atom is 0.152 e. The number of aromatic nitrogens is 1. The number of carbonyl (C=O) groups is 1. The van der Waals surface area contributed by atoms with Gasteiger partial charge in [-0.1, -0.05) is 43.7 Å². The second-order valence-corrected chi connectivity index (χ2v) is 7.17. The molecule has 21 heavy (non-hydrogen) atoms. The van der Waals surface area contributed by atoms with E-state index in [4.69, 9.17) is 0 Å². The first kappa shape index (κ1) is 12.9. The molecule has 0 radical (unpaired) electrons. The van der Waals surface area contributed by atoms with Gasteiger partial charge < -0.3 is 4.57 Å². The molecule has 5 rings (SSSR count). The molecule has 1 heterocycles. The highest BCUT2D eigenvalue weighted by Crippen LogP contribution is 2.59. The number of hydrogen-bond donors (Lipinski definition) is 0. The number of fused-ring (bicyclic) bond motifs is 2. The summed E-state index contributed by atoms with van der Waals surface area (Å²) >= 11 is 0. The first-order chi connectivity index (χ1) is 10.1. The maximum absolute atomic E-state index is 11.3. The molecular weight excluding hydrogens is 258 g/mol. The molecule has 2 atom stereocenters. The van der Waals surface area contributed by atoms with E-state index in [0.717, 1.165) is 35.6 Å². The Balaban J connectivity index is 1.72. The maximum atomic E-state index is 11.3. The van der Waals surface area contributed by atoms with E-state index in [1.165, 1.54) is 18.4 Å². The number of allylic oxidation sites excluding steroid dienone is 2. The van der Waals surface area contributed by atoms with Gasteiger partial charge in [-0.05, 0) is 36.2 Å². The lowest BCUT2D eigenvalue weighted by Gasteiger charge is -2.56. The van der Waals surface area contributed by atoms with Gasteiger partial charge in [0.1, 0.15) is 0 Å². The zero-order valence-corrected chi connectivity index (χ0v) is 12.7. The first-order valence-corrected chi connectivity index (χ1v) is 7.83. The normalized spacial score (nSPS) is 26.3. The fourth-order valence-corrected chi connectivity index (χ4v) is 4.35. The highest BCUT2D eigenvalue weighted by Gasteiger charge is 2.50. The van der Waals surface area contributed by atoms with Gasteiger partial charge in [-0.2, -0.15) is 0 Å². The van der Waals surface area contributed by atoms with Crippen molar-refractivity contribution >= 4 is 17.2 Å². The van der Waals surface area contributed by atoms with Gasteiger partial charge in [-0.25, -0.2) is 0 Å². The van der Waals surface area contributed by atoms with Crippen LogP contribution < -0.4 is 0 Å². The van der Waals surface area contributed by atoms with Crippen LogP contribution in [0.15, 0.2) is 42.1 Å². The number of hydrogen-bond acceptors (Lipinski definition) is 1. The number of nitrogens with zero attached hydrogens (tertiary/aromatic N) is 1. The van der Waals surface area contributed by atoms with Gasteiger partial charge in [0.15, 0.2) is 6.29 Å². The summed E-state index contributed by atoms with van der Waals surface area (Å²) in [6.07, 6.45) is 7.99. The van der Waals surface area contributed by atoms with Crippen molar-refractivity contribution in [2.45, 2.75) is 33.2 Å². The van der Waals surface area contributed by atoms with Gasteiger partial charge >= 0.3 is 0 Å². The molecule has 0 amide bonds. The predicted octanol–water partition coefficient (Wildman–Crippen LogP) is 4.45. The van der Waals surface area contributed by atoms with Crippen LogP contribution in [-0.2, 0) is 6.54 Å². The molecule has 1 aromatic carbocycles. The van der Waals surface area contributed by atoms with E-state index in [1.54, 1.807) is 5.57 Å². The molecule has 108 valence electrons. The van der Waals surface area contributed by atoms with Crippen LogP contribution in [0.2, 0.25) is 0 Å². The minimum Gasteiger partial charge on any atom is -0.343 e. The van der Waals surface area contributed by atoms with E-state index in [9.17, 15) is 4.79 Å². The molecule has 3 aliphatic carbocycles. The highest BCUT2D eigenvalue weighted by molar-refractivity contribution is 5.97. The fraction of sp³-hybridized carbons (Fsp3) is 0.421. The molecule has 0 N–H and O–H groups in total. The van der Waals surface area contributed by atoms with Gasteiger partial charge in [0, 0.05) is 29.2 Å². The lowest BCUT2D eigenvalue weighted by Crippen LogP contribution is -2.48. The van der Waals surface area contributed by atoms with Gasteiger partial charge in [-0.3, -0.25) is 4.79 Å². The van der Waals surface area contributed by atoms with Crippen molar-refractivity contribution in [3.63, 3.8) is 0 Å². The molecule has 0 spiro atoms. The topological polar surface area (TPSA) is 22.0 Å². The van der Waals surface area contributed by atoms with Gasteiger partial charge in [0.25, 0.3) is 0 Å². The van der Waals surface area contributed by atoms with Gasteiger partial charge in [0.05, 0.1) is 0 Å². The average Bonchev–Trinajstić information content (AvgIpc) is 2.85. The van der Waals surface area contributed by atoms with Crippen molar-refractivity contribution in [3.8, 4) is 0 Å². The smallest absolute Gasteiger partial charge is 0.152 e. The van der Waals surface area contributed by atoms with E-state index in [-0.39, 0.29) is 0 Å². The third-order valence-electron chi connectivity index (χ3n) is 5.88. The zero-order chi connectivity index (χ0) is 14.6. The van der Waals surface area contributed by atoms with Crippen molar-refractivity contribution in [2.75, 3.05) is 0 Å². The summed E-state index contributed by atoms with van der Waals surface area (Å²) in [4.78, 5) is 11.3. The monoisotopic (exact) mass is 279 g/mol. The van der Waals surface area contributed by atoms with Crippen molar-refractivity contribution in [1.29, 1.82) is 0 Å². The molecule has 0 unspecified atom stereocenters. The Hall–Kier alpha value is -1.83. The Morgan fingerprint density at radius 3 is 2.86 bits per heavy atom. The molecule has 0 aliphatic heterocycles. The van der Waals surface area contributed by atoms with Crippen LogP contribution in [0.3, 0.4) is 0 Å². The Bertz CT molecular complexity index is 750. The Labute approximate surface area is 125 Å². The third-order valence-corrected chi connectivity index (χ3v) is 5.88. The summed E-state index contributed by atoms with van der Waals surface area (Å²) in [5, 5.41) is 1.06. The van der Waals surface area contributed by atoms with Crippen LogP contribution in [0, 0.1) is 17.3 Å². The van der Waals surface area contributed by atoms with Crippen LogP contribution >= 0.6 is 0 Å². The van der Waals surface area contributed by atoms with Crippen LogP contribution in [0.4, 0.5) is 0 Å². The van der Waals surface area contributed by atoms with E-state index >= 15 is 0 Å². The van der Waals surface area contributed by atoms with Gasteiger partial charge in [-0.15, -0.1) is 0 Å². The molecule has 2 bridgehead atoms. The molecule has 1 fully saturated rings. The minimum absolute atomic E-state index is 0.459. The molecule has 2 aromatic rings. The first-order valence-electron chi connectivity index (χ1n) is 7.83. The van der Waals surface area contributed by atoms with E-state index < -0.39 is 0 Å². The highest BCUT2D eigenvalue weighted by atomic mass is 16.1. The summed E-state index contributed by atoms with van der Waals surface area (Å²) in [7, 11) is 0. The molecule has 2 heteroatoms. The number of carbonyl (C=O) groups excluding carboxylic acids is 1. The molecule has 0 saturated heterocycles. The molecule has 2 nitrogen and oxygen atoms in total. The Morgan fingerprint density at radius 1 is 1.33 bits per heavy atom. The molecular formula is C19H21NO. The van der Waals surface area contributed by atoms with E-state index in [2.05, 4.69) is 30.6 Å². The quantitative estimate of drug-likeness (QED) is 0.601. The van der Waals surface area contributed by atoms with Gasteiger partial charge in [0.2, 0.25) is 0 Å². The summed E-state index contributed by atoms with van der Waals surface area (Å²) in [5.41, 5.74) is 3.98. The Morgan fingerprint density at radius 2 is 2.14 bits per heavy atom. The van der Waals surface area contributed by atoms with Crippen LogP contribution in [0.25, 0.3) is 10.9 Å². The number of benzene rings is 1. The summed E-state index contributed by atoms with van der Waals surface area (Å²) in [5.74, 6) is 1.59. The zero-order valence-electron chi connectivity index (χ0n) is 12.7. The lowest BCUT2D eigenvalue weighted by molar-refractivity contribution is -0.00884. The standard InChI is InChI=1S/C19H21NO/c1-19(2)15-8-7-13(17(19)9-15)10-20-11-14(12-21)16-5-3-4-6-18(16)20/h3-7,11-12,15,17H,8-10H2,1-2H3/t15-,17+/m0/s1. The van der Waals surface area contributed by atoms with Crippen LogP contribution in [-0.4, -0.2) is 10.9 Å². The molecule has 1 aromatic heterocycles. The summed E-state index contributed by atoms with van der Waals surface area (Å²) in [6, 6.07) is 8.19. The average molecular weight is 279 g/mol. The lowest BCUT2D eigenvalue weighted by atomic mass is 9.49. The second-order valence-electron chi connectivity index (χ2n) is 7.17.